The Kier molecular flexibility index (Phi) is 3.00. The molecule has 0 fully saturated rings. The fraction of sp³-hybridized carbons (Fsp3) is 0.353. The fourth-order valence-electron chi connectivity index (χ4n) is 3.02. The molecule has 0 N–H and O–H groups in total. The van der Waals surface area contributed by atoms with Crippen LogP contribution in [0, 0.1) is 5.82 Å². The number of nitrogens with zero attached hydrogens (tertiary/aromatic N) is 2. The van der Waals surface area contributed by atoms with Gasteiger partial charge in [-0.25, -0.2) is 4.39 Å². The second-order valence-corrected chi connectivity index (χ2v) is 6.22. The van der Waals surface area contributed by atoms with Crippen LogP contribution in [-0.4, -0.2) is 18.6 Å². The van der Waals surface area contributed by atoms with Crippen LogP contribution < -0.4 is 4.90 Å². The van der Waals surface area contributed by atoms with Crippen molar-refractivity contribution < 1.29 is 4.39 Å². The van der Waals surface area contributed by atoms with E-state index in [0.29, 0.717) is 12.0 Å². The van der Waals surface area contributed by atoms with Crippen LogP contribution in [0.3, 0.4) is 0 Å². The van der Waals surface area contributed by atoms with E-state index in [-0.39, 0.29) is 11.2 Å². The third kappa shape index (κ3) is 2.17. The Balaban J connectivity index is 1.95. The Labute approximate surface area is 119 Å². The molecule has 0 aliphatic carbocycles. The normalized spacial score (nSPS) is 16.3. The molecule has 2 heterocycles. The molecule has 0 atom stereocenters. The van der Waals surface area contributed by atoms with Crippen molar-refractivity contribution in [3.8, 4) is 0 Å². The number of pyridine rings is 1. The monoisotopic (exact) mass is 270 g/mol. The van der Waals surface area contributed by atoms with Crippen LogP contribution in [0.1, 0.15) is 30.7 Å². The number of hydrogen-bond donors (Lipinski definition) is 0. The summed E-state index contributed by atoms with van der Waals surface area (Å²) in [5, 5.41) is 0. The highest BCUT2D eigenvalue weighted by atomic mass is 19.1. The summed E-state index contributed by atoms with van der Waals surface area (Å²) in [6.45, 7) is 5.39. The van der Waals surface area contributed by atoms with Crippen molar-refractivity contribution >= 4 is 5.69 Å². The highest BCUT2D eigenvalue weighted by molar-refractivity contribution is 5.60. The average Bonchev–Trinajstić information content (AvgIpc) is 2.62. The summed E-state index contributed by atoms with van der Waals surface area (Å²) in [7, 11) is 2.09. The second kappa shape index (κ2) is 4.58. The summed E-state index contributed by atoms with van der Waals surface area (Å²) in [5.41, 5.74) is 4.16. The zero-order valence-electron chi connectivity index (χ0n) is 12.2. The van der Waals surface area contributed by atoms with E-state index >= 15 is 0 Å². The summed E-state index contributed by atoms with van der Waals surface area (Å²) in [4.78, 5) is 6.85. The van der Waals surface area contributed by atoms with E-state index in [1.54, 1.807) is 6.07 Å². The van der Waals surface area contributed by atoms with Crippen molar-refractivity contribution in [1.29, 1.82) is 0 Å². The van der Waals surface area contributed by atoms with Gasteiger partial charge in [0.2, 0.25) is 0 Å². The number of benzene rings is 1. The van der Waals surface area contributed by atoms with E-state index in [1.807, 2.05) is 18.3 Å². The van der Waals surface area contributed by atoms with Crippen LogP contribution in [0.25, 0.3) is 0 Å². The van der Waals surface area contributed by atoms with Gasteiger partial charge in [0, 0.05) is 31.6 Å². The van der Waals surface area contributed by atoms with Crippen molar-refractivity contribution in [2.45, 2.75) is 25.7 Å². The molecule has 3 rings (SSSR count). The number of halogens is 1. The number of hydrogen-bond acceptors (Lipinski definition) is 2. The van der Waals surface area contributed by atoms with Gasteiger partial charge in [-0.15, -0.1) is 0 Å². The average molecular weight is 270 g/mol. The van der Waals surface area contributed by atoms with Gasteiger partial charge in [0.25, 0.3) is 0 Å². The van der Waals surface area contributed by atoms with Gasteiger partial charge in [-0.2, -0.15) is 0 Å². The lowest BCUT2D eigenvalue weighted by atomic mass is 9.91. The van der Waals surface area contributed by atoms with Crippen LogP contribution in [0.15, 0.2) is 36.5 Å². The molecule has 0 amide bonds. The minimum absolute atomic E-state index is 0.0839. The molecule has 2 aromatic rings. The molecule has 1 aliphatic rings. The molecule has 0 saturated heterocycles. The molecule has 3 heteroatoms. The lowest BCUT2D eigenvalue weighted by molar-refractivity contribution is 0.548. The summed E-state index contributed by atoms with van der Waals surface area (Å²) in [6, 6.07) is 9.07. The third-order valence-corrected chi connectivity index (χ3v) is 3.96. The van der Waals surface area contributed by atoms with Crippen molar-refractivity contribution in [1.82, 2.24) is 4.98 Å². The van der Waals surface area contributed by atoms with Crippen molar-refractivity contribution in [3.05, 3.63) is 59.2 Å². The zero-order valence-corrected chi connectivity index (χ0v) is 12.2. The van der Waals surface area contributed by atoms with Crippen LogP contribution in [0.2, 0.25) is 0 Å². The molecule has 1 aromatic heterocycles. The molecule has 2 nitrogen and oxygen atoms in total. The maximum Gasteiger partial charge on any atom is 0.126 e. The Hall–Kier alpha value is -1.90. The Morgan fingerprint density at radius 3 is 2.80 bits per heavy atom. The molecule has 1 aromatic carbocycles. The molecule has 0 unspecified atom stereocenters. The molecular weight excluding hydrogens is 251 g/mol. The first-order valence-electron chi connectivity index (χ1n) is 6.91. The topological polar surface area (TPSA) is 16.1 Å². The second-order valence-electron chi connectivity index (χ2n) is 6.22. The van der Waals surface area contributed by atoms with Gasteiger partial charge in [0.15, 0.2) is 0 Å². The van der Waals surface area contributed by atoms with E-state index in [4.69, 9.17) is 0 Å². The number of likely N-dealkylation sites (N-methyl/N-ethyl adjacent to an activating group) is 1. The molecule has 0 bridgehead atoms. The smallest absolute Gasteiger partial charge is 0.126 e. The maximum absolute atomic E-state index is 13.7. The van der Waals surface area contributed by atoms with E-state index in [2.05, 4.69) is 36.8 Å². The van der Waals surface area contributed by atoms with Crippen molar-refractivity contribution in [2.75, 3.05) is 18.5 Å². The van der Waals surface area contributed by atoms with E-state index < -0.39 is 0 Å². The summed E-state index contributed by atoms with van der Waals surface area (Å²) >= 11 is 0. The number of rotatable bonds is 2. The first kappa shape index (κ1) is 13.1. The van der Waals surface area contributed by atoms with Crippen molar-refractivity contribution in [3.63, 3.8) is 0 Å². The summed E-state index contributed by atoms with van der Waals surface area (Å²) < 4.78 is 13.7. The van der Waals surface area contributed by atoms with Gasteiger partial charge < -0.3 is 4.90 Å². The lowest BCUT2D eigenvalue weighted by Crippen LogP contribution is -2.25. The first-order chi connectivity index (χ1) is 9.47. The Bertz CT molecular complexity index is 649. The molecule has 0 radical (unpaired) electrons. The van der Waals surface area contributed by atoms with Gasteiger partial charge in [-0.05, 0) is 23.3 Å². The molecule has 1 aliphatic heterocycles. The lowest BCUT2D eigenvalue weighted by Gasteiger charge is -2.17. The number of aromatic nitrogens is 1. The highest BCUT2D eigenvalue weighted by Gasteiger charge is 2.34. The van der Waals surface area contributed by atoms with Crippen molar-refractivity contribution in [2.24, 2.45) is 0 Å². The first-order valence-corrected chi connectivity index (χ1v) is 6.91. The zero-order chi connectivity index (χ0) is 14.3. The van der Waals surface area contributed by atoms with Crippen LogP contribution in [0.5, 0.6) is 0 Å². The number of anilines is 1. The summed E-state index contributed by atoms with van der Waals surface area (Å²) in [5.74, 6) is -0.151. The Morgan fingerprint density at radius 1 is 1.30 bits per heavy atom. The molecule has 104 valence electrons. The van der Waals surface area contributed by atoms with Gasteiger partial charge in [-0.3, -0.25) is 4.98 Å². The standard InChI is InChI=1S/C17H19FN2/c1-17(2)11-20(3)15-9-12(10-19-16(15)17)8-13-6-4-5-7-14(13)18/h4-7,9-10H,8,11H2,1-3H3. The fourth-order valence-corrected chi connectivity index (χ4v) is 3.02. The Morgan fingerprint density at radius 2 is 2.05 bits per heavy atom. The maximum atomic E-state index is 13.7. The van der Waals surface area contributed by atoms with Crippen LogP contribution >= 0.6 is 0 Å². The third-order valence-electron chi connectivity index (χ3n) is 3.96. The summed E-state index contributed by atoms with van der Waals surface area (Å²) in [6.07, 6.45) is 2.47. The molecule has 20 heavy (non-hydrogen) atoms. The predicted octanol–water partition coefficient (Wildman–Crippen LogP) is 3.54. The minimum Gasteiger partial charge on any atom is -0.372 e. The van der Waals surface area contributed by atoms with E-state index in [0.717, 1.165) is 17.8 Å². The quantitative estimate of drug-likeness (QED) is 0.829. The van der Waals surface area contributed by atoms with E-state index in [9.17, 15) is 4.39 Å². The highest BCUT2D eigenvalue weighted by Crippen LogP contribution is 2.38. The molecule has 0 spiro atoms. The van der Waals surface area contributed by atoms with Gasteiger partial charge in [0.1, 0.15) is 5.82 Å². The number of fused-ring (bicyclic) bond motifs is 1. The van der Waals surface area contributed by atoms with E-state index in [1.165, 1.54) is 11.8 Å². The largest absolute Gasteiger partial charge is 0.372 e. The van der Waals surface area contributed by atoms with Gasteiger partial charge >= 0.3 is 0 Å². The molecule has 0 saturated carbocycles. The molecular formula is C17H19FN2. The minimum atomic E-state index is -0.151. The SMILES string of the molecule is CN1CC(C)(C)c2ncc(Cc3ccccc3F)cc21. The van der Waals surface area contributed by atoms with Gasteiger partial charge in [-0.1, -0.05) is 32.0 Å². The van der Waals surface area contributed by atoms with Crippen LogP contribution in [-0.2, 0) is 11.8 Å². The predicted molar refractivity (Wildman–Crippen MR) is 79.7 cm³/mol. The van der Waals surface area contributed by atoms with Gasteiger partial charge in [0.05, 0.1) is 11.4 Å². The van der Waals surface area contributed by atoms with Crippen LogP contribution in [0.4, 0.5) is 10.1 Å².